The van der Waals surface area contributed by atoms with E-state index in [0.717, 1.165) is 5.57 Å². The standard InChI is InChI=1S/C11H18O3S/c1-5-15(13,14)10-8(2)6-11(3,4)7-9(10)12/h5-7H2,1-4H3. The Labute approximate surface area is 91.5 Å². The third kappa shape index (κ3) is 2.48. The number of rotatable bonds is 2. The topological polar surface area (TPSA) is 51.2 Å². The van der Waals surface area contributed by atoms with Gasteiger partial charge in [-0.15, -0.1) is 0 Å². The molecule has 0 fully saturated rings. The van der Waals surface area contributed by atoms with Crippen molar-refractivity contribution < 1.29 is 13.2 Å². The smallest absolute Gasteiger partial charge is 0.181 e. The lowest BCUT2D eigenvalue weighted by Crippen LogP contribution is -2.29. The van der Waals surface area contributed by atoms with E-state index in [0.29, 0.717) is 12.8 Å². The number of allylic oxidation sites excluding steroid dienone is 2. The number of sulfone groups is 1. The fourth-order valence-electron chi connectivity index (χ4n) is 2.20. The summed E-state index contributed by atoms with van der Waals surface area (Å²) in [5.41, 5.74) is 0.617. The second-order valence-corrected chi connectivity index (χ2v) is 7.17. The van der Waals surface area contributed by atoms with Crippen LogP contribution in [-0.2, 0) is 14.6 Å². The van der Waals surface area contributed by atoms with E-state index in [-0.39, 0.29) is 21.9 Å². The summed E-state index contributed by atoms with van der Waals surface area (Å²) in [6.07, 6.45) is 1.02. The summed E-state index contributed by atoms with van der Waals surface area (Å²) >= 11 is 0. The van der Waals surface area contributed by atoms with Crippen molar-refractivity contribution in [1.29, 1.82) is 0 Å². The Balaban J connectivity index is 3.26. The van der Waals surface area contributed by atoms with E-state index in [2.05, 4.69) is 0 Å². The average molecular weight is 230 g/mol. The fraction of sp³-hybridized carbons (Fsp3) is 0.727. The van der Waals surface area contributed by atoms with E-state index in [1.54, 1.807) is 13.8 Å². The lowest BCUT2D eigenvalue weighted by molar-refractivity contribution is -0.117. The van der Waals surface area contributed by atoms with E-state index in [9.17, 15) is 13.2 Å². The first-order valence-corrected chi connectivity index (χ1v) is 6.80. The zero-order chi connectivity index (χ0) is 11.9. The molecule has 0 amide bonds. The van der Waals surface area contributed by atoms with Crippen molar-refractivity contribution in [3.63, 3.8) is 0 Å². The maximum absolute atomic E-state index is 11.8. The number of Topliss-reactive ketones (excluding diaryl/α,β-unsaturated/α-hetero) is 1. The second kappa shape index (κ2) is 3.74. The molecule has 86 valence electrons. The predicted octanol–water partition coefficient (Wildman–Crippen LogP) is 2.08. The number of hydrogen-bond donors (Lipinski definition) is 0. The Hall–Kier alpha value is -0.640. The molecule has 1 aliphatic carbocycles. The molecule has 1 aliphatic rings. The van der Waals surface area contributed by atoms with Crippen molar-refractivity contribution in [2.24, 2.45) is 5.41 Å². The molecule has 15 heavy (non-hydrogen) atoms. The van der Waals surface area contributed by atoms with Crippen LogP contribution in [0.4, 0.5) is 0 Å². The van der Waals surface area contributed by atoms with Crippen molar-refractivity contribution >= 4 is 15.6 Å². The monoisotopic (exact) mass is 230 g/mol. The lowest BCUT2D eigenvalue weighted by atomic mass is 9.77. The van der Waals surface area contributed by atoms with Crippen LogP contribution in [0.15, 0.2) is 10.5 Å². The first-order chi connectivity index (χ1) is 6.69. The van der Waals surface area contributed by atoms with Crippen molar-refractivity contribution in [3.8, 4) is 0 Å². The Morgan fingerprint density at radius 2 is 1.80 bits per heavy atom. The van der Waals surface area contributed by atoms with E-state index in [1.807, 2.05) is 13.8 Å². The molecule has 3 nitrogen and oxygen atoms in total. The zero-order valence-corrected chi connectivity index (χ0v) is 10.6. The van der Waals surface area contributed by atoms with Gasteiger partial charge >= 0.3 is 0 Å². The summed E-state index contributed by atoms with van der Waals surface area (Å²) in [5, 5.41) is 0. The third-order valence-electron chi connectivity index (χ3n) is 2.71. The van der Waals surface area contributed by atoms with Crippen LogP contribution in [0.25, 0.3) is 0 Å². The first kappa shape index (κ1) is 12.4. The average Bonchev–Trinajstić information content (AvgIpc) is 1.99. The van der Waals surface area contributed by atoms with Crippen molar-refractivity contribution in [3.05, 3.63) is 10.5 Å². The van der Waals surface area contributed by atoms with E-state index < -0.39 is 9.84 Å². The van der Waals surface area contributed by atoms with E-state index >= 15 is 0 Å². The van der Waals surface area contributed by atoms with Crippen LogP contribution in [0.3, 0.4) is 0 Å². The SMILES string of the molecule is CCS(=O)(=O)C1=C(C)CC(C)(C)CC1=O. The van der Waals surface area contributed by atoms with Crippen LogP contribution in [0.5, 0.6) is 0 Å². The van der Waals surface area contributed by atoms with Gasteiger partial charge in [-0.05, 0) is 18.8 Å². The van der Waals surface area contributed by atoms with Gasteiger partial charge in [-0.25, -0.2) is 8.42 Å². The fourth-order valence-corrected chi connectivity index (χ4v) is 3.51. The molecule has 0 bridgehead atoms. The molecular formula is C11H18O3S. The van der Waals surface area contributed by atoms with Crippen LogP contribution >= 0.6 is 0 Å². The zero-order valence-electron chi connectivity index (χ0n) is 9.75. The molecule has 0 radical (unpaired) electrons. The van der Waals surface area contributed by atoms with Crippen molar-refractivity contribution in [2.45, 2.75) is 40.5 Å². The second-order valence-electron chi connectivity index (χ2n) is 4.95. The molecule has 0 spiro atoms. The Morgan fingerprint density at radius 1 is 1.27 bits per heavy atom. The maximum atomic E-state index is 11.8. The summed E-state index contributed by atoms with van der Waals surface area (Å²) < 4.78 is 23.4. The van der Waals surface area contributed by atoms with Gasteiger partial charge in [0.1, 0.15) is 4.91 Å². The highest BCUT2D eigenvalue weighted by molar-refractivity contribution is 7.96. The van der Waals surface area contributed by atoms with Gasteiger partial charge in [-0.1, -0.05) is 26.3 Å². The molecule has 0 N–H and O–H groups in total. The predicted molar refractivity (Wildman–Crippen MR) is 60.2 cm³/mol. The minimum absolute atomic E-state index is 0.00580. The molecule has 0 saturated heterocycles. The van der Waals surface area contributed by atoms with Crippen LogP contribution in [0, 0.1) is 5.41 Å². The van der Waals surface area contributed by atoms with Crippen LogP contribution < -0.4 is 0 Å². The minimum Gasteiger partial charge on any atom is -0.293 e. The largest absolute Gasteiger partial charge is 0.293 e. The molecule has 0 aliphatic heterocycles. The quantitative estimate of drug-likeness (QED) is 0.729. The number of ketones is 1. The number of carbonyl (C=O) groups is 1. The normalized spacial score (nSPS) is 22.0. The molecule has 1 rings (SSSR count). The molecular weight excluding hydrogens is 212 g/mol. The van der Waals surface area contributed by atoms with Gasteiger partial charge in [-0.2, -0.15) is 0 Å². The van der Waals surface area contributed by atoms with Crippen LogP contribution in [0.1, 0.15) is 40.5 Å². The summed E-state index contributed by atoms with van der Waals surface area (Å²) in [5.74, 6) is -0.211. The molecule has 0 aromatic heterocycles. The Kier molecular flexibility index (Phi) is 3.10. The third-order valence-corrected chi connectivity index (χ3v) is 4.67. The molecule has 0 atom stereocenters. The highest BCUT2D eigenvalue weighted by Crippen LogP contribution is 2.38. The summed E-state index contributed by atoms with van der Waals surface area (Å²) in [6, 6.07) is 0. The highest BCUT2D eigenvalue weighted by Gasteiger charge is 2.36. The highest BCUT2D eigenvalue weighted by atomic mass is 32.2. The summed E-state index contributed by atoms with van der Waals surface area (Å²) in [4.78, 5) is 11.9. The molecule has 0 saturated carbocycles. The van der Waals surface area contributed by atoms with Gasteiger partial charge < -0.3 is 0 Å². The van der Waals surface area contributed by atoms with Gasteiger partial charge in [0, 0.05) is 6.42 Å². The molecule has 4 heteroatoms. The van der Waals surface area contributed by atoms with Gasteiger partial charge in [0.15, 0.2) is 15.6 Å². The summed E-state index contributed by atoms with van der Waals surface area (Å²) in [6.45, 7) is 7.30. The lowest BCUT2D eigenvalue weighted by Gasteiger charge is -2.30. The summed E-state index contributed by atoms with van der Waals surface area (Å²) in [7, 11) is -3.34. The van der Waals surface area contributed by atoms with Crippen molar-refractivity contribution in [2.75, 3.05) is 5.75 Å². The van der Waals surface area contributed by atoms with Gasteiger partial charge in [0.05, 0.1) is 5.75 Å². The maximum Gasteiger partial charge on any atom is 0.181 e. The van der Waals surface area contributed by atoms with Gasteiger partial charge in [-0.3, -0.25) is 4.79 Å². The number of hydrogen-bond acceptors (Lipinski definition) is 3. The molecule has 0 aromatic rings. The van der Waals surface area contributed by atoms with Crippen LogP contribution in [-0.4, -0.2) is 20.0 Å². The van der Waals surface area contributed by atoms with Gasteiger partial charge in [0.2, 0.25) is 0 Å². The molecule has 0 unspecified atom stereocenters. The Bertz CT molecular complexity index is 413. The molecule has 0 aromatic carbocycles. The molecule has 0 heterocycles. The number of carbonyl (C=O) groups excluding carboxylic acids is 1. The van der Waals surface area contributed by atoms with Gasteiger partial charge in [0.25, 0.3) is 0 Å². The first-order valence-electron chi connectivity index (χ1n) is 5.15. The van der Waals surface area contributed by atoms with E-state index in [4.69, 9.17) is 0 Å². The van der Waals surface area contributed by atoms with Crippen molar-refractivity contribution in [1.82, 2.24) is 0 Å². The van der Waals surface area contributed by atoms with E-state index in [1.165, 1.54) is 0 Å². The minimum atomic E-state index is -3.34. The van der Waals surface area contributed by atoms with Crippen LogP contribution in [0.2, 0.25) is 0 Å². The Morgan fingerprint density at radius 3 is 2.20 bits per heavy atom.